The highest BCUT2D eigenvalue weighted by Gasteiger charge is 2.23. The Morgan fingerprint density at radius 3 is 2.24 bits per heavy atom. The van der Waals surface area contributed by atoms with E-state index in [-0.39, 0.29) is 5.78 Å². The Hall–Kier alpha value is -2.88. The van der Waals surface area contributed by atoms with Gasteiger partial charge < -0.3 is 4.90 Å². The molecule has 0 amide bonds. The summed E-state index contributed by atoms with van der Waals surface area (Å²) in [5.74, 6) is 1.29. The van der Waals surface area contributed by atoms with Crippen LogP contribution in [0.3, 0.4) is 0 Å². The first-order valence-corrected chi connectivity index (χ1v) is 8.73. The molecule has 2 heterocycles. The van der Waals surface area contributed by atoms with Crippen molar-refractivity contribution in [3.05, 3.63) is 66.2 Å². The largest absolute Gasteiger partial charge is 0.364 e. The molecule has 3 aromatic rings. The molecule has 4 rings (SSSR count). The SMILES string of the molecule is CC(=O)c1ccc(N2CCN(c3ccc4ccccc4[nH+]3)CC2)cc1. The number of nitrogens with zero attached hydrogens (tertiary/aromatic N) is 2. The Morgan fingerprint density at radius 2 is 1.52 bits per heavy atom. The summed E-state index contributed by atoms with van der Waals surface area (Å²) < 4.78 is 0. The third kappa shape index (κ3) is 3.20. The molecule has 1 aliphatic rings. The number of hydrogen-bond donors (Lipinski definition) is 0. The van der Waals surface area contributed by atoms with Crippen LogP contribution in [0.2, 0.25) is 0 Å². The lowest BCUT2D eigenvalue weighted by Crippen LogP contribution is -2.48. The lowest BCUT2D eigenvalue weighted by molar-refractivity contribution is -0.330. The summed E-state index contributed by atoms with van der Waals surface area (Å²) in [5.41, 5.74) is 3.13. The number of carbonyl (C=O) groups excluding carboxylic acids is 1. The molecule has 0 spiro atoms. The lowest BCUT2D eigenvalue weighted by atomic mass is 10.1. The number of piperazine rings is 1. The summed E-state index contributed by atoms with van der Waals surface area (Å²) in [5, 5.41) is 1.23. The Balaban J connectivity index is 1.46. The number of benzene rings is 2. The van der Waals surface area contributed by atoms with Gasteiger partial charge in [0.15, 0.2) is 5.78 Å². The average molecular weight is 332 g/mol. The predicted octanol–water partition coefficient (Wildman–Crippen LogP) is 3.18. The van der Waals surface area contributed by atoms with Crippen LogP contribution in [0.4, 0.5) is 11.5 Å². The number of fused-ring (bicyclic) bond motifs is 1. The number of aromatic amines is 1. The quantitative estimate of drug-likeness (QED) is 0.691. The molecule has 1 N–H and O–H groups in total. The van der Waals surface area contributed by atoms with Gasteiger partial charge in [0.25, 0.3) is 5.82 Å². The summed E-state index contributed by atoms with van der Waals surface area (Å²) in [6, 6.07) is 20.6. The number of Topliss-reactive ketones (excluding diaryl/α,β-unsaturated/α-hetero) is 1. The number of H-pyrrole nitrogens is 1. The van der Waals surface area contributed by atoms with E-state index in [4.69, 9.17) is 0 Å². The van der Waals surface area contributed by atoms with E-state index >= 15 is 0 Å². The zero-order valence-corrected chi connectivity index (χ0v) is 14.4. The molecule has 1 saturated heterocycles. The second-order valence-corrected chi connectivity index (χ2v) is 6.51. The van der Waals surface area contributed by atoms with Gasteiger partial charge in [0, 0.05) is 22.7 Å². The summed E-state index contributed by atoms with van der Waals surface area (Å²) >= 11 is 0. The van der Waals surface area contributed by atoms with Gasteiger partial charge in [0.05, 0.1) is 13.1 Å². The number of anilines is 2. The van der Waals surface area contributed by atoms with Crippen LogP contribution < -0.4 is 14.8 Å². The maximum atomic E-state index is 11.4. The fourth-order valence-electron chi connectivity index (χ4n) is 3.40. The molecule has 0 aliphatic carbocycles. The van der Waals surface area contributed by atoms with E-state index in [2.05, 4.69) is 63.3 Å². The summed E-state index contributed by atoms with van der Waals surface area (Å²) in [6.07, 6.45) is 0. The van der Waals surface area contributed by atoms with Crippen molar-refractivity contribution >= 4 is 28.2 Å². The van der Waals surface area contributed by atoms with E-state index in [1.165, 1.54) is 22.4 Å². The van der Waals surface area contributed by atoms with Gasteiger partial charge in [-0.2, -0.15) is 0 Å². The van der Waals surface area contributed by atoms with Crippen molar-refractivity contribution in [1.29, 1.82) is 0 Å². The van der Waals surface area contributed by atoms with Crippen LogP contribution in [0.15, 0.2) is 60.7 Å². The molecular weight excluding hydrogens is 310 g/mol. The van der Waals surface area contributed by atoms with Crippen LogP contribution in [0.5, 0.6) is 0 Å². The molecule has 25 heavy (non-hydrogen) atoms. The zero-order valence-electron chi connectivity index (χ0n) is 14.4. The molecule has 4 heteroatoms. The number of rotatable bonds is 3. The van der Waals surface area contributed by atoms with Gasteiger partial charge in [-0.1, -0.05) is 18.2 Å². The number of carbonyl (C=O) groups is 1. The lowest BCUT2D eigenvalue weighted by Gasteiger charge is -2.32. The summed E-state index contributed by atoms with van der Waals surface area (Å²) in [6.45, 7) is 5.50. The topological polar surface area (TPSA) is 37.7 Å². The van der Waals surface area contributed by atoms with E-state index in [0.29, 0.717) is 0 Å². The van der Waals surface area contributed by atoms with Gasteiger partial charge in [-0.3, -0.25) is 9.69 Å². The van der Waals surface area contributed by atoms with Crippen LogP contribution >= 0.6 is 0 Å². The number of aromatic nitrogens is 1. The highest BCUT2D eigenvalue weighted by atomic mass is 16.1. The Morgan fingerprint density at radius 1 is 0.840 bits per heavy atom. The monoisotopic (exact) mass is 332 g/mol. The van der Waals surface area contributed by atoms with Gasteiger partial charge in [-0.05, 0) is 43.3 Å². The first-order chi connectivity index (χ1) is 12.2. The fourth-order valence-corrected chi connectivity index (χ4v) is 3.40. The van der Waals surface area contributed by atoms with Crippen molar-refractivity contribution < 1.29 is 9.78 Å². The van der Waals surface area contributed by atoms with Crippen LogP contribution in [-0.2, 0) is 0 Å². The minimum atomic E-state index is 0.114. The molecule has 0 saturated carbocycles. The third-order valence-electron chi connectivity index (χ3n) is 4.90. The first-order valence-electron chi connectivity index (χ1n) is 8.73. The molecule has 1 fully saturated rings. The van der Waals surface area contributed by atoms with Gasteiger partial charge in [-0.25, -0.2) is 4.98 Å². The van der Waals surface area contributed by atoms with Crippen LogP contribution in [-0.4, -0.2) is 32.0 Å². The molecule has 4 nitrogen and oxygen atoms in total. The van der Waals surface area contributed by atoms with Gasteiger partial charge in [0.2, 0.25) is 0 Å². The second-order valence-electron chi connectivity index (χ2n) is 6.51. The maximum Gasteiger partial charge on any atom is 0.274 e. The number of nitrogens with one attached hydrogen (secondary N) is 1. The van der Waals surface area contributed by atoms with Gasteiger partial charge in [-0.15, -0.1) is 0 Å². The molecule has 126 valence electrons. The van der Waals surface area contributed by atoms with Crippen LogP contribution in [0.25, 0.3) is 10.9 Å². The Kier molecular flexibility index (Phi) is 4.10. The highest BCUT2D eigenvalue weighted by Crippen LogP contribution is 2.20. The smallest absolute Gasteiger partial charge is 0.274 e. The number of ketones is 1. The van der Waals surface area contributed by atoms with E-state index in [1.807, 2.05) is 12.1 Å². The van der Waals surface area contributed by atoms with Crippen molar-refractivity contribution in [2.24, 2.45) is 0 Å². The minimum absolute atomic E-state index is 0.114. The molecule has 2 aromatic carbocycles. The van der Waals surface area contributed by atoms with Crippen LogP contribution in [0.1, 0.15) is 17.3 Å². The van der Waals surface area contributed by atoms with Crippen molar-refractivity contribution in [3.8, 4) is 0 Å². The number of pyridine rings is 1. The third-order valence-corrected chi connectivity index (χ3v) is 4.90. The summed E-state index contributed by atoms with van der Waals surface area (Å²) in [4.78, 5) is 19.7. The average Bonchev–Trinajstić information content (AvgIpc) is 2.68. The van der Waals surface area contributed by atoms with E-state index < -0.39 is 0 Å². The first kappa shape index (κ1) is 15.6. The van der Waals surface area contributed by atoms with E-state index in [0.717, 1.165) is 31.7 Å². The predicted molar refractivity (Wildman–Crippen MR) is 101 cm³/mol. The molecule has 1 aliphatic heterocycles. The van der Waals surface area contributed by atoms with Crippen LogP contribution in [0, 0.1) is 0 Å². The second kappa shape index (κ2) is 6.55. The molecule has 0 bridgehead atoms. The standard InChI is InChI=1S/C21H21N3O/c1-16(25)17-6-9-19(10-7-17)23-12-14-24(15-13-23)21-11-8-18-4-2-3-5-20(18)22-21/h2-11H,12-15H2,1H3/p+1. The molecule has 0 radical (unpaired) electrons. The van der Waals surface area contributed by atoms with Crippen molar-refractivity contribution in [1.82, 2.24) is 0 Å². The Labute approximate surface area is 147 Å². The molecular formula is C21H22N3O+. The fraction of sp³-hybridized carbons (Fsp3) is 0.238. The highest BCUT2D eigenvalue weighted by molar-refractivity contribution is 5.94. The number of para-hydroxylation sites is 1. The Bertz CT molecular complexity index is 896. The molecule has 0 unspecified atom stereocenters. The van der Waals surface area contributed by atoms with Crippen molar-refractivity contribution in [2.75, 3.05) is 36.0 Å². The minimum Gasteiger partial charge on any atom is -0.364 e. The molecule has 1 aromatic heterocycles. The maximum absolute atomic E-state index is 11.4. The van der Waals surface area contributed by atoms with Crippen molar-refractivity contribution in [2.45, 2.75) is 6.92 Å². The molecule has 0 atom stereocenters. The van der Waals surface area contributed by atoms with Gasteiger partial charge >= 0.3 is 0 Å². The van der Waals surface area contributed by atoms with Gasteiger partial charge in [0.1, 0.15) is 18.6 Å². The van der Waals surface area contributed by atoms with E-state index in [9.17, 15) is 4.79 Å². The zero-order chi connectivity index (χ0) is 17.2. The van der Waals surface area contributed by atoms with Crippen molar-refractivity contribution in [3.63, 3.8) is 0 Å². The summed E-state index contributed by atoms with van der Waals surface area (Å²) in [7, 11) is 0. The normalized spacial score (nSPS) is 14.8. The number of hydrogen-bond acceptors (Lipinski definition) is 3. The van der Waals surface area contributed by atoms with E-state index in [1.54, 1.807) is 6.92 Å².